The second-order valence-electron chi connectivity index (χ2n) is 4.27. The Morgan fingerprint density at radius 3 is 2.61 bits per heavy atom. The van der Waals surface area contributed by atoms with E-state index in [1.807, 2.05) is 6.92 Å². The van der Waals surface area contributed by atoms with Crippen LogP contribution in [0.25, 0.3) is 0 Å². The van der Waals surface area contributed by atoms with E-state index >= 15 is 0 Å². The summed E-state index contributed by atoms with van der Waals surface area (Å²) in [6.45, 7) is 5.21. The molecule has 1 aromatic rings. The number of aryl methyl sites for hydroxylation is 1. The largest absolute Gasteiger partial charge is 0.478 e. The second-order valence-corrected chi connectivity index (χ2v) is 4.27. The maximum absolute atomic E-state index is 12.0. The third kappa shape index (κ3) is 2.45. The maximum atomic E-state index is 12.0. The van der Waals surface area contributed by atoms with Crippen molar-refractivity contribution >= 4 is 5.97 Å². The Balaban J connectivity index is 3.55. The van der Waals surface area contributed by atoms with Gasteiger partial charge in [0.1, 0.15) is 0 Å². The molecule has 0 saturated heterocycles. The van der Waals surface area contributed by atoms with Gasteiger partial charge in [0.2, 0.25) is 0 Å². The molecule has 0 amide bonds. The summed E-state index contributed by atoms with van der Waals surface area (Å²) in [4.78, 5) is 23.2. The average molecular weight is 247 g/mol. The summed E-state index contributed by atoms with van der Waals surface area (Å²) in [5.41, 5.74) is 0.801. The molecule has 4 nitrogen and oxygen atoms in total. The topological polar surface area (TPSA) is 59.3 Å². The van der Waals surface area contributed by atoms with E-state index in [1.165, 1.54) is 10.6 Å². The summed E-state index contributed by atoms with van der Waals surface area (Å²) >= 11 is 0. The quantitative estimate of drug-likeness (QED) is 0.829. The fourth-order valence-corrected chi connectivity index (χ4v) is 2.17. The van der Waals surface area contributed by atoms with Gasteiger partial charge in [0.15, 0.2) is 0 Å². The van der Waals surface area contributed by atoms with Gasteiger partial charge in [-0.1, -0.05) is 19.3 Å². The Morgan fingerprint density at radius 2 is 2.17 bits per heavy atom. The minimum absolute atomic E-state index is 0.158. The zero-order valence-electron chi connectivity index (χ0n) is 10.9. The summed E-state index contributed by atoms with van der Waals surface area (Å²) in [6, 6.07) is 0.942. The van der Waals surface area contributed by atoms with Crippen molar-refractivity contribution in [1.29, 1.82) is 0 Å². The Kier molecular flexibility index (Phi) is 4.33. The fourth-order valence-electron chi connectivity index (χ4n) is 2.17. The molecule has 1 heterocycles. The van der Waals surface area contributed by atoms with E-state index in [0.29, 0.717) is 17.7 Å². The number of aromatic carboxylic acids is 1. The van der Waals surface area contributed by atoms with Gasteiger partial charge in [-0.3, -0.25) is 9.36 Å². The number of hydrogen-bond acceptors (Lipinski definition) is 2. The van der Waals surface area contributed by atoms with Crippen molar-refractivity contribution in [1.82, 2.24) is 4.57 Å². The lowest BCUT2D eigenvalue weighted by atomic mass is 10.1. The monoisotopic (exact) mass is 247 g/mol. The van der Waals surface area contributed by atoms with Crippen LogP contribution in [0.2, 0.25) is 0 Å². The van der Waals surface area contributed by atoms with Crippen LogP contribution in [0.3, 0.4) is 0 Å². The summed E-state index contributed by atoms with van der Waals surface area (Å²) < 4.78 is 1.40. The minimum Gasteiger partial charge on any atom is -0.478 e. The third-order valence-electron chi connectivity index (χ3n) is 2.97. The van der Waals surface area contributed by atoms with Crippen LogP contribution in [0.4, 0.5) is 0 Å². The van der Waals surface area contributed by atoms with E-state index in [1.54, 1.807) is 13.8 Å². The highest BCUT2D eigenvalue weighted by Gasteiger charge is 2.19. The summed E-state index contributed by atoms with van der Waals surface area (Å²) in [7, 11) is 0. The summed E-state index contributed by atoms with van der Waals surface area (Å²) in [6.07, 6.45) is 6.92. The van der Waals surface area contributed by atoms with Crippen molar-refractivity contribution < 1.29 is 9.90 Å². The van der Waals surface area contributed by atoms with E-state index < -0.39 is 5.97 Å². The highest BCUT2D eigenvalue weighted by Crippen LogP contribution is 2.18. The van der Waals surface area contributed by atoms with Crippen molar-refractivity contribution in [2.45, 2.75) is 39.7 Å². The van der Waals surface area contributed by atoms with Gasteiger partial charge >= 0.3 is 5.97 Å². The van der Waals surface area contributed by atoms with Crippen LogP contribution in [0.5, 0.6) is 0 Å². The SMILES string of the molecule is C#CC(CCC)n1c(C)c(C(=O)O)c(C)cc1=O. The molecule has 1 N–H and O–H groups in total. The van der Waals surface area contributed by atoms with Gasteiger partial charge in [0.25, 0.3) is 5.56 Å². The van der Waals surface area contributed by atoms with E-state index in [2.05, 4.69) is 5.92 Å². The molecule has 0 bridgehead atoms. The maximum Gasteiger partial charge on any atom is 0.337 e. The van der Waals surface area contributed by atoms with Crippen LogP contribution in [0.1, 0.15) is 47.4 Å². The Hall–Kier alpha value is -2.02. The molecule has 96 valence electrons. The number of carboxylic acids is 1. The van der Waals surface area contributed by atoms with E-state index in [9.17, 15) is 14.7 Å². The van der Waals surface area contributed by atoms with Crippen molar-refractivity contribution in [3.63, 3.8) is 0 Å². The van der Waals surface area contributed by atoms with Gasteiger partial charge in [-0.25, -0.2) is 4.79 Å². The Morgan fingerprint density at radius 1 is 1.56 bits per heavy atom. The number of terminal acetylenes is 1. The first-order chi connectivity index (χ1) is 8.43. The molecule has 1 unspecified atom stereocenters. The minimum atomic E-state index is -1.04. The van der Waals surface area contributed by atoms with Crippen molar-refractivity contribution in [3.05, 3.63) is 33.2 Å². The first-order valence-corrected chi connectivity index (χ1v) is 5.86. The molecule has 1 rings (SSSR count). The molecule has 1 aromatic heterocycles. The van der Waals surface area contributed by atoms with Crippen LogP contribution < -0.4 is 5.56 Å². The van der Waals surface area contributed by atoms with Crippen LogP contribution >= 0.6 is 0 Å². The number of hydrogen-bond donors (Lipinski definition) is 1. The van der Waals surface area contributed by atoms with Gasteiger partial charge in [-0.05, 0) is 25.8 Å². The van der Waals surface area contributed by atoms with Crippen molar-refractivity contribution in [2.24, 2.45) is 0 Å². The molecule has 0 aliphatic carbocycles. The summed E-state index contributed by atoms with van der Waals surface area (Å²) in [5.74, 6) is 1.52. The fraction of sp³-hybridized carbons (Fsp3) is 0.429. The molecule has 18 heavy (non-hydrogen) atoms. The predicted molar refractivity (Wildman–Crippen MR) is 69.9 cm³/mol. The molecule has 0 spiro atoms. The van der Waals surface area contributed by atoms with E-state index in [4.69, 9.17) is 6.42 Å². The van der Waals surface area contributed by atoms with Gasteiger partial charge in [0, 0.05) is 11.8 Å². The molecule has 0 aliphatic rings. The number of aromatic nitrogens is 1. The molecular formula is C14H17NO3. The number of nitrogens with zero attached hydrogens (tertiary/aromatic N) is 1. The lowest BCUT2D eigenvalue weighted by Gasteiger charge is -2.19. The molecule has 0 fully saturated rings. The second kappa shape index (κ2) is 5.54. The average Bonchev–Trinajstić information content (AvgIpc) is 2.26. The Labute approximate surface area is 106 Å². The van der Waals surface area contributed by atoms with Gasteiger partial charge in [0.05, 0.1) is 11.6 Å². The van der Waals surface area contributed by atoms with Crippen LogP contribution in [0, 0.1) is 26.2 Å². The highest BCUT2D eigenvalue weighted by atomic mass is 16.4. The van der Waals surface area contributed by atoms with Gasteiger partial charge in [-0.2, -0.15) is 0 Å². The normalized spacial score (nSPS) is 11.9. The predicted octanol–water partition coefficient (Wildman–Crippen LogP) is 2.14. The molecule has 0 aliphatic heterocycles. The molecule has 1 atom stereocenters. The summed E-state index contributed by atoms with van der Waals surface area (Å²) in [5, 5.41) is 9.18. The van der Waals surface area contributed by atoms with Gasteiger partial charge in [-0.15, -0.1) is 6.42 Å². The zero-order chi connectivity index (χ0) is 13.9. The zero-order valence-corrected chi connectivity index (χ0v) is 10.9. The lowest BCUT2D eigenvalue weighted by Crippen LogP contribution is -2.28. The molecular weight excluding hydrogens is 230 g/mol. The third-order valence-corrected chi connectivity index (χ3v) is 2.97. The molecule has 0 saturated carbocycles. The van der Waals surface area contributed by atoms with Gasteiger partial charge < -0.3 is 5.11 Å². The smallest absolute Gasteiger partial charge is 0.337 e. The van der Waals surface area contributed by atoms with E-state index in [-0.39, 0.29) is 17.2 Å². The number of rotatable bonds is 4. The van der Waals surface area contributed by atoms with Crippen LogP contribution in [-0.4, -0.2) is 15.6 Å². The first-order valence-electron chi connectivity index (χ1n) is 5.86. The number of carboxylic acid groups (broad SMARTS) is 1. The molecule has 0 aromatic carbocycles. The Bertz CT molecular complexity index is 564. The highest BCUT2D eigenvalue weighted by molar-refractivity contribution is 5.90. The first kappa shape index (κ1) is 14.0. The number of pyridine rings is 1. The van der Waals surface area contributed by atoms with Crippen molar-refractivity contribution in [3.8, 4) is 12.3 Å². The van der Waals surface area contributed by atoms with Crippen LogP contribution in [-0.2, 0) is 0 Å². The standard InChI is InChI=1S/C14H17NO3/c1-5-7-11(6-2)15-10(4)13(14(17)18)9(3)8-12(15)16/h2,8,11H,5,7H2,1,3-4H3,(H,17,18). The number of carbonyl (C=O) groups is 1. The molecule has 0 radical (unpaired) electrons. The molecule has 4 heteroatoms. The van der Waals surface area contributed by atoms with Crippen molar-refractivity contribution in [2.75, 3.05) is 0 Å². The van der Waals surface area contributed by atoms with E-state index in [0.717, 1.165) is 6.42 Å². The lowest BCUT2D eigenvalue weighted by molar-refractivity contribution is 0.0694. The van der Waals surface area contributed by atoms with Crippen LogP contribution in [0.15, 0.2) is 10.9 Å².